The molecule has 1 aliphatic heterocycles. The monoisotopic (exact) mass is 291 g/mol. The average molecular weight is 292 g/mol. The quantitative estimate of drug-likeness (QED) is 0.801. The van der Waals surface area contributed by atoms with Gasteiger partial charge in [-0.1, -0.05) is 11.6 Å². The first-order chi connectivity index (χ1) is 8.11. The zero-order chi connectivity index (χ0) is 12.4. The second-order valence-electron chi connectivity index (χ2n) is 3.40. The van der Waals surface area contributed by atoms with Gasteiger partial charge >= 0.3 is 5.97 Å². The third-order valence-electron chi connectivity index (χ3n) is 2.33. The predicted octanol–water partition coefficient (Wildman–Crippen LogP) is 2.15. The van der Waals surface area contributed by atoms with Crippen molar-refractivity contribution in [3.8, 4) is 0 Å². The summed E-state index contributed by atoms with van der Waals surface area (Å²) in [5.74, 6) is -0.0691. The standard InChI is InChI=1S/C10H10ClNO3S2/c1-15-9(14)4-12-8(13)5-16-10(12)6-2-3-7(11)17-6/h2-3,10H,4-5H2,1H3. The second-order valence-corrected chi connectivity index (χ2v) is 6.22. The number of nitrogens with zero attached hydrogens (tertiary/aromatic N) is 1. The summed E-state index contributed by atoms with van der Waals surface area (Å²) in [6, 6.07) is 3.68. The fourth-order valence-electron chi connectivity index (χ4n) is 1.53. The topological polar surface area (TPSA) is 46.6 Å². The largest absolute Gasteiger partial charge is 0.468 e. The summed E-state index contributed by atoms with van der Waals surface area (Å²) in [5, 5.41) is -0.126. The van der Waals surface area contributed by atoms with Gasteiger partial charge in [-0.3, -0.25) is 9.59 Å². The van der Waals surface area contributed by atoms with Gasteiger partial charge in [0.15, 0.2) is 0 Å². The van der Waals surface area contributed by atoms with E-state index in [0.717, 1.165) is 4.88 Å². The lowest BCUT2D eigenvalue weighted by Gasteiger charge is -2.21. The van der Waals surface area contributed by atoms with E-state index < -0.39 is 5.97 Å². The van der Waals surface area contributed by atoms with Crippen molar-refractivity contribution in [3.63, 3.8) is 0 Å². The number of carbonyl (C=O) groups is 2. The summed E-state index contributed by atoms with van der Waals surface area (Å²) in [4.78, 5) is 25.4. The second kappa shape index (κ2) is 5.29. The van der Waals surface area contributed by atoms with Crippen molar-refractivity contribution in [1.29, 1.82) is 0 Å². The van der Waals surface area contributed by atoms with Gasteiger partial charge in [-0.15, -0.1) is 23.1 Å². The van der Waals surface area contributed by atoms with Crippen LogP contribution in [0.25, 0.3) is 0 Å². The normalized spacial score (nSPS) is 19.8. The highest BCUT2D eigenvalue weighted by molar-refractivity contribution is 8.00. The van der Waals surface area contributed by atoms with E-state index in [1.54, 1.807) is 6.07 Å². The van der Waals surface area contributed by atoms with Crippen LogP contribution in [-0.4, -0.2) is 36.2 Å². The Hall–Kier alpha value is -0.720. The van der Waals surface area contributed by atoms with Gasteiger partial charge in [-0.05, 0) is 12.1 Å². The van der Waals surface area contributed by atoms with Gasteiger partial charge in [-0.2, -0.15) is 0 Å². The lowest BCUT2D eigenvalue weighted by Crippen LogP contribution is -2.33. The lowest BCUT2D eigenvalue weighted by molar-refractivity contribution is -0.146. The molecule has 2 heterocycles. The Balaban J connectivity index is 2.16. The van der Waals surface area contributed by atoms with Crippen LogP contribution in [0.3, 0.4) is 0 Å². The molecule has 1 fully saturated rings. The van der Waals surface area contributed by atoms with Crippen LogP contribution in [0.1, 0.15) is 10.3 Å². The van der Waals surface area contributed by atoms with E-state index in [1.165, 1.54) is 35.1 Å². The van der Waals surface area contributed by atoms with Gasteiger partial charge in [-0.25, -0.2) is 0 Å². The number of hydrogen-bond donors (Lipinski definition) is 0. The Bertz CT molecular complexity index is 449. The van der Waals surface area contributed by atoms with Crippen molar-refractivity contribution in [3.05, 3.63) is 21.3 Å². The van der Waals surface area contributed by atoms with E-state index in [9.17, 15) is 9.59 Å². The van der Waals surface area contributed by atoms with Crippen molar-refractivity contribution < 1.29 is 14.3 Å². The van der Waals surface area contributed by atoms with Crippen LogP contribution in [0.15, 0.2) is 12.1 Å². The Kier molecular flexibility index (Phi) is 3.96. The number of rotatable bonds is 3. The SMILES string of the molecule is COC(=O)CN1C(=O)CSC1c1ccc(Cl)s1. The van der Waals surface area contributed by atoms with E-state index in [1.807, 2.05) is 6.07 Å². The highest BCUT2D eigenvalue weighted by Crippen LogP contribution is 2.42. The van der Waals surface area contributed by atoms with Crippen molar-refractivity contribution in [2.75, 3.05) is 19.4 Å². The highest BCUT2D eigenvalue weighted by Gasteiger charge is 2.35. The molecule has 1 unspecified atom stereocenters. The van der Waals surface area contributed by atoms with E-state index >= 15 is 0 Å². The first-order valence-corrected chi connectivity index (χ1v) is 7.09. The van der Waals surface area contributed by atoms with Crippen LogP contribution in [-0.2, 0) is 14.3 Å². The Labute approximate surface area is 112 Å². The van der Waals surface area contributed by atoms with Crippen LogP contribution in [0.5, 0.6) is 0 Å². The number of carbonyl (C=O) groups excluding carboxylic acids is 2. The number of ether oxygens (including phenoxy) is 1. The van der Waals surface area contributed by atoms with E-state index in [0.29, 0.717) is 10.1 Å². The summed E-state index contributed by atoms with van der Waals surface area (Å²) < 4.78 is 5.26. The number of halogens is 1. The molecule has 1 aromatic heterocycles. The fraction of sp³-hybridized carbons (Fsp3) is 0.400. The molecule has 2 rings (SSSR count). The number of hydrogen-bond acceptors (Lipinski definition) is 5. The summed E-state index contributed by atoms with van der Waals surface area (Å²) >= 11 is 8.79. The number of methoxy groups -OCH3 is 1. The Morgan fingerprint density at radius 2 is 2.41 bits per heavy atom. The number of amides is 1. The van der Waals surface area contributed by atoms with E-state index in [-0.39, 0.29) is 17.8 Å². The minimum absolute atomic E-state index is 0.0114. The van der Waals surface area contributed by atoms with Crippen LogP contribution < -0.4 is 0 Å². The molecule has 0 saturated carbocycles. The molecule has 0 aliphatic carbocycles. The molecular formula is C10H10ClNO3S2. The van der Waals surface area contributed by atoms with Gasteiger partial charge in [0, 0.05) is 4.88 Å². The third-order valence-corrected chi connectivity index (χ3v) is 5.00. The minimum atomic E-state index is -0.409. The first-order valence-electron chi connectivity index (χ1n) is 4.85. The zero-order valence-corrected chi connectivity index (χ0v) is 11.4. The molecule has 0 bridgehead atoms. The maximum Gasteiger partial charge on any atom is 0.325 e. The van der Waals surface area contributed by atoms with Crippen molar-refractivity contribution in [1.82, 2.24) is 4.90 Å². The molecule has 4 nitrogen and oxygen atoms in total. The van der Waals surface area contributed by atoms with Crippen LogP contribution in [0.2, 0.25) is 4.34 Å². The molecule has 1 aliphatic rings. The molecule has 0 spiro atoms. The summed E-state index contributed by atoms with van der Waals surface area (Å²) in [7, 11) is 1.31. The fourth-order valence-corrected chi connectivity index (χ4v) is 4.01. The van der Waals surface area contributed by atoms with Gasteiger partial charge in [0.25, 0.3) is 0 Å². The van der Waals surface area contributed by atoms with Gasteiger partial charge in [0.1, 0.15) is 11.9 Å². The molecular weight excluding hydrogens is 282 g/mol. The summed E-state index contributed by atoms with van der Waals surface area (Å²) in [6.45, 7) is -0.0114. The van der Waals surface area contributed by atoms with E-state index in [4.69, 9.17) is 11.6 Å². The van der Waals surface area contributed by atoms with Crippen LogP contribution >= 0.6 is 34.7 Å². The Morgan fingerprint density at radius 3 is 3.00 bits per heavy atom. The zero-order valence-electron chi connectivity index (χ0n) is 9.01. The average Bonchev–Trinajstić information content (AvgIpc) is 2.87. The maximum absolute atomic E-state index is 11.7. The van der Waals surface area contributed by atoms with Crippen molar-refractivity contribution in [2.45, 2.75) is 5.37 Å². The van der Waals surface area contributed by atoms with Crippen LogP contribution in [0.4, 0.5) is 0 Å². The van der Waals surface area contributed by atoms with E-state index in [2.05, 4.69) is 4.74 Å². The number of esters is 1. The molecule has 0 N–H and O–H groups in total. The third kappa shape index (κ3) is 2.75. The molecule has 1 amide bonds. The molecule has 1 atom stereocenters. The number of thiophene rings is 1. The molecule has 17 heavy (non-hydrogen) atoms. The Morgan fingerprint density at radius 1 is 1.65 bits per heavy atom. The van der Waals surface area contributed by atoms with Crippen LogP contribution in [0, 0.1) is 0 Å². The van der Waals surface area contributed by atoms with Crippen molar-refractivity contribution in [2.24, 2.45) is 0 Å². The molecule has 1 aromatic rings. The first kappa shape index (κ1) is 12.7. The summed E-state index contributed by atoms with van der Waals surface area (Å²) in [6.07, 6.45) is 0. The highest BCUT2D eigenvalue weighted by atomic mass is 35.5. The van der Waals surface area contributed by atoms with Gasteiger partial charge in [0.05, 0.1) is 17.2 Å². The van der Waals surface area contributed by atoms with Crippen molar-refractivity contribution >= 4 is 46.6 Å². The summed E-state index contributed by atoms with van der Waals surface area (Å²) in [5.41, 5.74) is 0. The molecule has 7 heteroatoms. The molecule has 92 valence electrons. The molecule has 1 saturated heterocycles. The van der Waals surface area contributed by atoms with Gasteiger partial charge < -0.3 is 9.64 Å². The molecule has 0 aromatic carbocycles. The molecule has 0 radical (unpaired) electrons. The predicted molar refractivity (Wildman–Crippen MR) is 68.3 cm³/mol. The van der Waals surface area contributed by atoms with Gasteiger partial charge in [0.2, 0.25) is 5.91 Å². The number of thioether (sulfide) groups is 1. The lowest BCUT2D eigenvalue weighted by atomic mass is 10.4. The minimum Gasteiger partial charge on any atom is -0.468 e. The maximum atomic E-state index is 11.7. The smallest absolute Gasteiger partial charge is 0.325 e.